The third kappa shape index (κ3) is 0.915. The van der Waals surface area contributed by atoms with Crippen LogP contribution in [0.25, 0.3) is 0 Å². The van der Waals surface area contributed by atoms with Crippen LogP contribution in [0.3, 0.4) is 0 Å². The number of hydrogen-bond donors (Lipinski definition) is 4. The van der Waals surface area contributed by atoms with Crippen molar-refractivity contribution in [2.45, 2.75) is 37.1 Å². The molecule has 12 heavy (non-hydrogen) atoms. The summed E-state index contributed by atoms with van der Waals surface area (Å²) in [6.07, 6.45) is -3.61. The minimum Gasteiger partial charge on any atom is -0.388 e. The SMILES string of the molecule is C[C@@]12NC[C@H](O1)[C@@H](O)[C@@H](O)[C@H]2O. The van der Waals surface area contributed by atoms with Gasteiger partial charge in [-0.1, -0.05) is 0 Å². The van der Waals surface area contributed by atoms with Gasteiger partial charge in [0.1, 0.15) is 30.1 Å². The largest absolute Gasteiger partial charge is 0.388 e. The second-order valence-electron chi connectivity index (χ2n) is 3.57. The first-order valence-corrected chi connectivity index (χ1v) is 4.01. The Balaban J connectivity index is 2.25. The molecule has 5 nitrogen and oxygen atoms in total. The summed E-state index contributed by atoms with van der Waals surface area (Å²) in [4.78, 5) is 0. The number of fused-ring (bicyclic) bond motifs is 2. The van der Waals surface area contributed by atoms with Gasteiger partial charge in [0.05, 0.1) is 0 Å². The first-order valence-electron chi connectivity index (χ1n) is 4.01. The standard InChI is InChI=1S/C7H13NO4/c1-7-6(11)5(10)4(9)3(12-7)2-8-7/h3-6,8-11H,2H2,1H3/t3-,4+,5+,6+,7+/m0/s1. The molecule has 5 atom stereocenters. The quantitative estimate of drug-likeness (QED) is 0.335. The van der Waals surface area contributed by atoms with Gasteiger partial charge in [-0.2, -0.15) is 0 Å². The number of nitrogens with one attached hydrogen (secondary N) is 1. The van der Waals surface area contributed by atoms with Crippen LogP contribution < -0.4 is 5.32 Å². The fourth-order valence-electron chi connectivity index (χ4n) is 1.80. The molecule has 0 saturated carbocycles. The predicted molar refractivity (Wildman–Crippen MR) is 39.3 cm³/mol. The summed E-state index contributed by atoms with van der Waals surface area (Å²) in [6.45, 7) is 2.12. The molecule has 0 aliphatic carbocycles. The second-order valence-corrected chi connectivity index (χ2v) is 3.57. The highest BCUT2D eigenvalue weighted by molar-refractivity contribution is 5.03. The van der Waals surface area contributed by atoms with E-state index in [-0.39, 0.29) is 0 Å². The second kappa shape index (κ2) is 2.40. The lowest BCUT2D eigenvalue weighted by Gasteiger charge is -2.40. The molecule has 0 unspecified atom stereocenters. The van der Waals surface area contributed by atoms with Crippen LogP contribution in [0.4, 0.5) is 0 Å². The van der Waals surface area contributed by atoms with Crippen molar-refractivity contribution in [3.05, 3.63) is 0 Å². The van der Waals surface area contributed by atoms with Crippen LogP contribution in [0, 0.1) is 0 Å². The Hall–Kier alpha value is -0.200. The Morgan fingerprint density at radius 1 is 1.33 bits per heavy atom. The lowest BCUT2D eigenvalue weighted by atomic mass is 9.95. The van der Waals surface area contributed by atoms with Gasteiger partial charge in [0.15, 0.2) is 0 Å². The van der Waals surface area contributed by atoms with Gasteiger partial charge in [-0.05, 0) is 6.92 Å². The van der Waals surface area contributed by atoms with E-state index in [9.17, 15) is 15.3 Å². The minimum absolute atomic E-state index is 0.409. The fourth-order valence-corrected chi connectivity index (χ4v) is 1.80. The maximum atomic E-state index is 9.50. The molecular formula is C7H13NO4. The van der Waals surface area contributed by atoms with E-state index >= 15 is 0 Å². The van der Waals surface area contributed by atoms with E-state index in [0.29, 0.717) is 6.54 Å². The van der Waals surface area contributed by atoms with Crippen molar-refractivity contribution in [2.24, 2.45) is 0 Å². The zero-order valence-corrected chi connectivity index (χ0v) is 6.77. The van der Waals surface area contributed by atoms with Crippen LogP contribution in [-0.2, 0) is 4.74 Å². The molecular weight excluding hydrogens is 162 g/mol. The topological polar surface area (TPSA) is 82.0 Å². The summed E-state index contributed by atoms with van der Waals surface area (Å²) < 4.78 is 5.31. The molecule has 2 rings (SSSR count). The molecule has 2 heterocycles. The van der Waals surface area contributed by atoms with Crippen molar-refractivity contribution in [2.75, 3.05) is 6.54 Å². The number of ether oxygens (including phenoxy) is 1. The molecule has 0 spiro atoms. The van der Waals surface area contributed by atoms with Crippen molar-refractivity contribution < 1.29 is 20.1 Å². The maximum absolute atomic E-state index is 9.50. The Labute approximate surface area is 70.0 Å². The van der Waals surface area contributed by atoms with E-state index in [1.165, 1.54) is 0 Å². The minimum atomic E-state index is -1.12. The van der Waals surface area contributed by atoms with Crippen LogP contribution in [-0.4, -0.2) is 52.0 Å². The molecule has 0 aromatic heterocycles. The smallest absolute Gasteiger partial charge is 0.145 e. The first kappa shape index (κ1) is 8.40. The summed E-state index contributed by atoms with van der Waals surface area (Å²) in [5.41, 5.74) is -0.899. The molecule has 2 saturated heterocycles. The molecule has 2 aliphatic rings. The molecule has 0 radical (unpaired) electrons. The maximum Gasteiger partial charge on any atom is 0.145 e. The van der Waals surface area contributed by atoms with Crippen molar-refractivity contribution in [3.8, 4) is 0 Å². The van der Waals surface area contributed by atoms with E-state index in [1.807, 2.05) is 0 Å². The lowest BCUT2D eigenvalue weighted by Crippen LogP contribution is -2.61. The number of hydrogen-bond acceptors (Lipinski definition) is 5. The van der Waals surface area contributed by atoms with Crippen LogP contribution in [0.5, 0.6) is 0 Å². The summed E-state index contributed by atoms with van der Waals surface area (Å²) >= 11 is 0. The van der Waals surface area contributed by atoms with Crippen molar-refractivity contribution in [1.82, 2.24) is 5.32 Å². The fraction of sp³-hybridized carbons (Fsp3) is 1.00. The summed E-state index contributed by atoms with van der Waals surface area (Å²) in [5.74, 6) is 0. The number of aliphatic hydroxyl groups is 3. The third-order valence-corrected chi connectivity index (χ3v) is 2.67. The molecule has 0 aromatic carbocycles. The van der Waals surface area contributed by atoms with Gasteiger partial charge in [-0.25, -0.2) is 0 Å². The number of aliphatic hydroxyl groups excluding tert-OH is 3. The molecule has 2 bridgehead atoms. The molecule has 5 heteroatoms. The van der Waals surface area contributed by atoms with Crippen LogP contribution in [0.15, 0.2) is 0 Å². The highest BCUT2D eigenvalue weighted by Crippen LogP contribution is 2.31. The van der Waals surface area contributed by atoms with Gasteiger partial charge in [0.25, 0.3) is 0 Å². The highest BCUT2D eigenvalue weighted by atomic mass is 16.6. The summed E-state index contributed by atoms with van der Waals surface area (Å²) in [6, 6.07) is 0. The van der Waals surface area contributed by atoms with Gasteiger partial charge >= 0.3 is 0 Å². The average Bonchev–Trinajstić information content (AvgIpc) is 2.41. The molecule has 0 aromatic rings. The van der Waals surface area contributed by atoms with E-state index in [1.54, 1.807) is 6.92 Å². The van der Waals surface area contributed by atoms with Crippen LogP contribution in [0.2, 0.25) is 0 Å². The van der Waals surface area contributed by atoms with E-state index in [4.69, 9.17) is 4.74 Å². The zero-order valence-electron chi connectivity index (χ0n) is 6.77. The first-order chi connectivity index (χ1) is 5.54. The van der Waals surface area contributed by atoms with Gasteiger partial charge in [0, 0.05) is 6.54 Å². The predicted octanol–water partition coefficient (Wildman–Crippen LogP) is -2.21. The molecule has 2 fully saturated rings. The van der Waals surface area contributed by atoms with Gasteiger partial charge in [-0.3, -0.25) is 5.32 Å². The van der Waals surface area contributed by atoms with Gasteiger partial charge in [-0.15, -0.1) is 0 Å². The van der Waals surface area contributed by atoms with E-state index in [0.717, 1.165) is 0 Å². The molecule has 4 N–H and O–H groups in total. The van der Waals surface area contributed by atoms with Gasteiger partial charge < -0.3 is 20.1 Å². The van der Waals surface area contributed by atoms with E-state index in [2.05, 4.69) is 5.32 Å². The summed E-state index contributed by atoms with van der Waals surface area (Å²) in [7, 11) is 0. The van der Waals surface area contributed by atoms with Crippen LogP contribution >= 0.6 is 0 Å². The monoisotopic (exact) mass is 175 g/mol. The molecule has 70 valence electrons. The normalized spacial score (nSPS) is 59.0. The van der Waals surface area contributed by atoms with Crippen LogP contribution in [0.1, 0.15) is 6.92 Å². The zero-order chi connectivity index (χ0) is 8.93. The summed E-state index contributed by atoms with van der Waals surface area (Å²) in [5, 5.41) is 31.2. The lowest BCUT2D eigenvalue weighted by molar-refractivity contribution is -0.235. The van der Waals surface area contributed by atoms with Gasteiger partial charge in [0.2, 0.25) is 0 Å². The highest BCUT2D eigenvalue weighted by Gasteiger charge is 2.54. The number of rotatable bonds is 0. The Bertz CT molecular complexity index is 200. The van der Waals surface area contributed by atoms with Crippen molar-refractivity contribution in [1.29, 1.82) is 0 Å². The molecule has 0 amide bonds. The third-order valence-electron chi connectivity index (χ3n) is 2.67. The Kier molecular flexibility index (Phi) is 1.68. The average molecular weight is 175 g/mol. The van der Waals surface area contributed by atoms with E-state index < -0.39 is 30.1 Å². The molecule has 2 aliphatic heterocycles. The van der Waals surface area contributed by atoms with Crippen molar-refractivity contribution >= 4 is 0 Å². The Morgan fingerprint density at radius 2 is 2.00 bits per heavy atom. The van der Waals surface area contributed by atoms with Crippen molar-refractivity contribution in [3.63, 3.8) is 0 Å². The Morgan fingerprint density at radius 3 is 2.67 bits per heavy atom.